The van der Waals surface area contributed by atoms with Gasteiger partial charge in [-0.05, 0) is 86.0 Å². The third kappa shape index (κ3) is 7.84. The number of rotatable bonds is 13. The summed E-state index contributed by atoms with van der Waals surface area (Å²) in [6, 6.07) is 10.3. The van der Waals surface area contributed by atoms with Crippen LogP contribution in [0.4, 0.5) is 4.39 Å². The van der Waals surface area contributed by atoms with Crippen molar-refractivity contribution in [1.82, 2.24) is 40.5 Å². The summed E-state index contributed by atoms with van der Waals surface area (Å²) < 4.78 is 40.3. The fourth-order valence-electron chi connectivity index (χ4n) is 6.15. The van der Waals surface area contributed by atoms with Gasteiger partial charge in [-0.25, -0.2) is 22.5 Å². The highest BCUT2D eigenvalue weighted by Gasteiger charge is 2.17. The highest BCUT2D eigenvalue weighted by molar-refractivity contribution is 7.88. The number of benzene rings is 1. The molecule has 4 aromatic heterocycles. The Hall–Kier alpha value is -4.65. The Labute approximate surface area is 273 Å². The summed E-state index contributed by atoms with van der Waals surface area (Å²) in [7, 11) is -3.44. The zero-order chi connectivity index (χ0) is 33.0. The van der Waals surface area contributed by atoms with Gasteiger partial charge < -0.3 is 15.6 Å². The minimum absolute atomic E-state index is 0.0299. The highest BCUT2D eigenvalue weighted by Crippen LogP contribution is 2.34. The van der Waals surface area contributed by atoms with Gasteiger partial charge in [0.2, 0.25) is 10.0 Å². The lowest BCUT2D eigenvalue weighted by atomic mass is 10.0. The van der Waals surface area contributed by atoms with Gasteiger partial charge in [0.15, 0.2) is 5.65 Å². The molecule has 4 heterocycles. The van der Waals surface area contributed by atoms with Crippen molar-refractivity contribution >= 4 is 37.5 Å². The molecule has 1 saturated carbocycles. The Morgan fingerprint density at radius 1 is 1.13 bits per heavy atom. The van der Waals surface area contributed by atoms with Gasteiger partial charge in [-0.3, -0.25) is 10.1 Å². The molecule has 1 fully saturated rings. The van der Waals surface area contributed by atoms with Crippen molar-refractivity contribution in [1.29, 1.82) is 0 Å². The summed E-state index contributed by atoms with van der Waals surface area (Å²) in [5.74, 6) is 0.294. The first-order chi connectivity index (χ1) is 22.7. The monoisotopic (exact) mass is 654 g/mol. The second-order valence-electron chi connectivity index (χ2n) is 12.2. The summed E-state index contributed by atoms with van der Waals surface area (Å²) in [4.78, 5) is 12.7. The summed E-state index contributed by atoms with van der Waals surface area (Å²) >= 11 is 0. The van der Waals surface area contributed by atoms with Crippen LogP contribution in [0.25, 0.3) is 50.2 Å². The van der Waals surface area contributed by atoms with Crippen LogP contribution in [0.3, 0.4) is 0 Å². The summed E-state index contributed by atoms with van der Waals surface area (Å²) in [5, 5.41) is 15.9. The van der Waals surface area contributed by atoms with Gasteiger partial charge in [-0.2, -0.15) is 5.10 Å². The van der Waals surface area contributed by atoms with Crippen LogP contribution < -0.4 is 15.4 Å². The van der Waals surface area contributed by atoms with Crippen molar-refractivity contribution in [3.8, 4) is 22.6 Å². The third-order valence-electron chi connectivity index (χ3n) is 8.40. The van der Waals surface area contributed by atoms with E-state index in [-0.39, 0.29) is 6.54 Å². The number of aromatic nitrogens is 5. The Bertz CT molecular complexity index is 2090. The minimum atomic E-state index is -3.44. The normalized spacial score (nSPS) is 14.8. The Morgan fingerprint density at radius 3 is 2.74 bits per heavy atom. The number of aromatic amines is 2. The van der Waals surface area contributed by atoms with Crippen LogP contribution in [-0.2, 0) is 16.6 Å². The minimum Gasteiger partial charge on any atom is -0.368 e. The lowest BCUT2D eigenvalue weighted by molar-refractivity contribution is 0.502. The van der Waals surface area contributed by atoms with E-state index in [2.05, 4.69) is 66.2 Å². The van der Waals surface area contributed by atoms with Crippen molar-refractivity contribution in [3.63, 3.8) is 0 Å². The van der Waals surface area contributed by atoms with Crippen LogP contribution in [0, 0.1) is 11.7 Å². The second-order valence-corrected chi connectivity index (χ2v) is 14.0. The molecule has 0 atom stereocenters. The number of hydrogen-bond acceptors (Lipinski definition) is 7. The van der Waals surface area contributed by atoms with Crippen molar-refractivity contribution in [3.05, 3.63) is 96.4 Å². The molecule has 1 aromatic carbocycles. The first-order valence-electron chi connectivity index (χ1n) is 15.7. The molecule has 47 heavy (non-hydrogen) atoms. The molecule has 0 unspecified atom stereocenters. The molecule has 0 spiro atoms. The average molecular weight is 655 g/mol. The fourth-order valence-corrected chi connectivity index (χ4v) is 6.58. The SMILES string of the molecule is C=CN/C=C(\C=C(/C)CNCC1CCCC1)c1cnc2n[nH]c(-c3cc4c(-c5cc(F)cc(CNS(C)(=O)=O)c5)nccc4[nH]3)c2c1. The number of allylic oxidation sites excluding steroid dienone is 2. The molecule has 5 N–H and O–H groups in total. The number of H-pyrrole nitrogens is 2. The first kappa shape index (κ1) is 32.3. The van der Waals surface area contributed by atoms with E-state index >= 15 is 0 Å². The van der Waals surface area contributed by atoms with E-state index in [0.29, 0.717) is 22.5 Å². The van der Waals surface area contributed by atoms with Crippen molar-refractivity contribution in [2.45, 2.75) is 39.2 Å². The summed E-state index contributed by atoms with van der Waals surface area (Å²) in [6.45, 7) is 7.74. The Kier molecular flexibility index (Phi) is 9.62. The van der Waals surface area contributed by atoms with Crippen LogP contribution in [-0.4, -0.2) is 52.9 Å². The molecule has 6 rings (SSSR count). The Morgan fingerprint density at radius 2 is 1.96 bits per heavy atom. The molecule has 0 bridgehead atoms. The second kappa shape index (κ2) is 14.0. The molecule has 1 aliphatic carbocycles. The van der Waals surface area contributed by atoms with Crippen LogP contribution in [0.5, 0.6) is 0 Å². The molecule has 0 radical (unpaired) electrons. The van der Waals surface area contributed by atoms with Gasteiger partial charge in [0, 0.05) is 59.1 Å². The van der Waals surface area contributed by atoms with Crippen LogP contribution in [0.15, 0.2) is 79.4 Å². The van der Waals surface area contributed by atoms with E-state index in [1.807, 2.05) is 24.5 Å². The largest absolute Gasteiger partial charge is 0.368 e. The molecule has 12 heteroatoms. The van der Waals surface area contributed by atoms with Gasteiger partial charge in [0.1, 0.15) is 5.82 Å². The van der Waals surface area contributed by atoms with E-state index in [1.54, 1.807) is 18.5 Å². The smallest absolute Gasteiger partial charge is 0.209 e. The average Bonchev–Trinajstić information content (AvgIpc) is 3.81. The lowest BCUT2D eigenvalue weighted by Crippen LogP contribution is -2.22. The quantitative estimate of drug-likeness (QED) is 0.0959. The van der Waals surface area contributed by atoms with Gasteiger partial charge >= 0.3 is 0 Å². The molecule has 10 nitrogen and oxygen atoms in total. The van der Waals surface area contributed by atoms with E-state index in [4.69, 9.17) is 0 Å². The van der Waals surface area contributed by atoms with Crippen molar-refractivity contribution < 1.29 is 12.8 Å². The predicted molar refractivity (Wildman–Crippen MR) is 186 cm³/mol. The number of fused-ring (bicyclic) bond motifs is 2. The molecule has 5 aromatic rings. The number of hydrogen-bond donors (Lipinski definition) is 5. The highest BCUT2D eigenvalue weighted by atomic mass is 32.2. The van der Waals surface area contributed by atoms with Gasteiger partial charge in [0.25, 0.3) is 0 Å². The third-order valence-corrected chi connectivity index (χ3v) is 9.07. The number of pyridine rings is 2. The molecule has 0 amide bonds. The molecular weight excluding hydrogens is 616 g/mol. The molecule has 0 saturated heterocycles. The summed E-state index contributed by atoms with van der Waals surface area (Å²) in [6.07, 6.45) is 15.5. The number of sulfonamides is 1. The van der Waals surface area contributed by atoms with E-state index in [9.17, 15) is 12.8 Å². The zero-order valence-electron chi connectivity index (χ0n) is 26.5. The van der Waals surface area contributed by atoms with Crippen molar-refractivity contribution in [2.75, 3.05) is 19.3 Å². The van der Waals surface area contributed by atoms with Crippen LogP contribution in [0.1, 0.15) is 43.7 Å². The maximum Gasteiger partial charge on any atom is 0.209 e. The van der Waals surface area contributed by atoms with Gasteiger partial charge in [-0.15, -0.1) is 0 Å². The first-order valence-corrected chi connectivity index (χ1v) is 17.6. The maximum absolute atomic E-state index is 14.7. The van der Waals surface area contributed by atoms with Gasteiger partial charge in [0.05, 0.1) is 23.3 Å². The van der Waals surface area contributed by atoms with Crippen LogP contribution in [0.2, 0.25) is 0 Å². The maximum atomic E-state index is 14.7. The predicted octanol–water partition coefficient (Wildman–Crippen LogP) is 6.16. The van der Waals surface area contributed by atoms with Crippen molar-refractivity contribution in [2.24, 2.45) is 5.92 Å². The number of halogens is 1. The van der Waals surface area contributed by atoms with E-state index in [0.717, 1.165) is 64.1 Å². The van der Waals surface area contributed by atoms with E-state index in [1.165, 1.54) is 43.4 Å². The lowest BCUT2D eigenvalue weighted by Gasteiger charge is -2.11. The number of nitrogens with zero attached hydrogens (tertiary/aromatic N) is 3. The summed E-state index contributed by atoms with van der Waals surface area (Å²) in [5.41, 5.74) is 7.57. The Balaban J connectivity index is 1.31. The molecular formula is C35H39FN8O2S. The van der Waals surface area contributed by atoms with E-state index < -0.39 is 15.8 Å². The topological polar surface area (TPSA) is 140 Å². The van der Waals surface area contributed by atoms with Gasteiger partial charge in [-0.1, -0.05) is 31.1 Å². The molecule has 0 aliphatic heterocycles. The fraction of sp³-hybridized carbons (Fsp3) is 0.286. The number of nitrogens with one attached hydrogen (secondary N) is 5. The standard InChI is InChI=1S/C35H39FN8O2S/c1-4-37-20-26(11-22(2)17-38-18-23-7-5-6-8-23)27-15-30-34(43-44-35(30)40-21-27)32-16-29-31(42-32)9-10-39-33(29)25-12-24(13-28(36)14-25)19-41-47(3,45)46/h4,9-16,20-21,23,37-38,41-42H,1,5-8,17-19H2,2-3H3,(H,40,43,44)/b22-11+,26-20+. The molecule has 1 aliphatic rings. The zero-order valence-corrected chi connectivity index (χ0v) is 27.3. The van der Waals surface area contributed by atoms with Crippen LogP contribution >= 0.6 is 0 Å². The molecule has 244 valence electrons.